The maximum atomic E-state index is 13.0. The number of carbonyl (C=O) groups is 3. The van der Waals surface area contributed by atoms with Crippen LogP contribution in [-0.4, -0.2) is 58.8 Å². The zero-order valence-electron chi connectivity index (χ0n) is 21.3. The molecule has 1 N–H and O–H groups in total. The number of nitriles is 1. The smallest absolute Gasteiger partial charge is 0.255 e. The Kier molecular flexibility index (Phi) is 6.78. The number of hydrogen-bond acceptors (Lipinski definition) is 6. The van der Waals surface area contributed by atoms with E-state index in [0.29, 0.717) is 30.5 Å². The van der Waals surface area contributed by atoms with Crippen LogP contribution in [0.15, 0.2) is 18.2 Å². The second-order valence-corrected chi connectivity index (χ2v) is 11.2. The molecule has 0 aromatic heterocycles. The number of nitrogens with one attached hydrogen (secondary N) is 1. The van der Waals surface area contributed by atoms with E-state index in [2.05, 4.69) is 30.1 Å². The Balaban J connectivity index is 1.20. The average Bonchev–Trinajstić information content (AvgIpc) is 3.42. The summed E-state index contributed by atoms with van der Waals surface area (Å²) in [6, 6.07) is 7.84. The standard InChI is InChI=1S/C28H36N4O4/c1-3-31(12-11-18-14-28(2,15-18)17-29)22-5-4-6-24(22)36-20-7-8-21-19(13-20)16-32(27(21)35)23-9-10-25(33)30-26(23)34/h7-8,13,18,22-24H,3-6,9-12,14-16H2,1-2H3,(H,30,33,34)/t18?,22-,23?,24-,28?/m0/s1. The molecule has 0 bridgehead atoms. The summed E-state index contributed by atoms with van der Waals surface area (Å²) in [4.78, 5) is 40.9. The minimum absolute atomic E-state index is 0.108. The first kappa shape index (κ1) is 24.8. The van der Waals surface area contributed by atoms with Gasteiger partial charge in [0.2, 0.25) is 11.8 Å². The van der Waals surface area contributed by atoms with Gasteiger partial charge in [-0.1, -0.05) is 6.92 Å². The second kappa shape index (κ2) is 9.85. The van der Waals surface area contributed by atoms with E-state index < -0.39 is 11.9 Å². The first-order valence-corrected chi connectivity index (χ1v) is 13.4. The summed E-state index contributed by atoms with van der Waals surface area (Å²) in [7, 11) is 0. The lowest BCUT2D eigenvalue weighted by molar-refractivity contribution is -0.136. The molecule has 0 radical (unpaired) electrons. The Morgan fingerprint density at radius 1 is 1.22 bits per heavy atom. The zero-order valence-corrected chi connectivity index (χ0v) is 21.3. The average molecular weight is 493 g/mol. The van der Waals surface area contributed by atoms with Crippen molar-refractivity contribution in [3.8, 4) is 11.8 Å². The van der Waals surface area contributed by atoms with Crippen LogP contribution in [0.5, 0.6) is 5.75 Å². The van der Waals surface area contributed by atoms with Crippen molar-refractivity contribution in [2.45, 2.75) is 89.9 Å². The van der Waals surface area contributed by atoms with E-state index in [1.807, 2.05) is 18.2 Å². The predicted molar refractivity (Wildman–Crippen MR) is 133 cm³/mol. The van der Waals surface area contributed by atoms with E-state index in [4.69, 9.17) is 4.74 Å². The molecule has 1 aromatic carbocycles. The van der Waals surface area contributed by atoms with Crippen LogP contribution in [0.4, 0.5) is 0 Å². The first-order valence-electron chi connectivity index (χ1n) is 13.4. The van der Waals surface area contributed by atoms with Gasteiger partial charge in [0.05, 0.1) is 11.5 Å². The van der Waals surface area contributed by atoms with Crippen LogP contribution in [0.25, 0.3) is 0 Å². The van der Waals surface area contributed by atoms with Crippen molar-refractivity contribution in [1.29, 1.82) is 5.26 Å². The number of imide groups is 1. The number of ether oxygens (including phenoxy) is 1. The van der Waals surface area contributed by atoms with Crippen LogP contribution in [-0.2, 0) is 16.1 Å². The van der Waals surface area contributed by atoms with Crippen LogP contribution >= 0.6 is 0 Å². The Labute approximate surface area is 212 Å². The number of hydrogen-bond donors (Lipinski definition) is 1. The van der Waals surface area contributed by atoms with Gasteiger partial charge in [0.1, 0.15) is 17.9 Å². The Morgan fingerprint density at radius 2 is 2.03 bits per heavy atom. The van der Waals surface area contributed by atoms with Gasteiger partial charge in [0.15, 0.2) is 0 Å². The molecular formula is C28H36N4O4. The van der Waals surface area contributed by atoms with Crippen molar-refractivity contribution in [3.63, 3.8) is 0 Å². The summed E-state index contributed by atoms with van der Waals surface area (Å²) in [5.41, 5.74) is 1.35. The van der Waals surface area contributed by atoms with E-state index in [1.54, 1.807) is 4.90 Å². The van der Waals surface area contributed by atoms with Gasteiger partial charge in [-0.3, -0.25) is 24.6 Å². The number of likely N-dealkylation sites (N-methyl/N-ethyl adjacent to an activating group) is 1. The van der Waals surface area contributed by atoms with Gasteiger partial charge < -0.3 is 9.64 Å². The summed E-state index contributed by atoms with van der Waals surface area (Å²) < 4.78 is 6.51. The molecule has 1 unspecified atom stereocenters. The third-order valence-corrected chi connectivity index (χ3v) is 8.65. The SMILES string of the molecule is CCN(CCC1CC(C)(C#N)C1)[C@H]1CCC[C@@H]1Oc1ccc2c(c1)CN(C1CCC(=O)NC1=O)C2=O. The number of carbonyl (C=O) groups excluding carboxylic acids is 3. The predicted octanol–water partition coefficient (Wildman–Crippen LogP) is 3.40. The third kappa shape index (κ3) is 4.73. The van der Waals surface area contributed by atoms with Crippen LogP contribution in [0.1, 0.15) is 81.1 Å². The first-order chi connectivity index (χ1) is 17.3. The minimum Gasteiger partial charge on any atom is -0.489 e. The molecule has 8 heteroatoms. The van der Waals surface area contributed by atoms with E-state index in [1.165, 1.54) is 0 Å². The number of rotatable bonds is 8. The van der Waals surface area contributed by atoms with Gasteiger partial charge in [-0.05, 0) is 94.6 Å². The Morgan fingerprint density at radius 3 is 2.75 bits per heavy atom. The van der Waals surface area contributed by atoms with E-state index >= 15 is 0 Å². The number of nitrogens with zero attached hydrogens (tertiary/aromatic N) is 3. The van der Waals surface area contributed by atoms with Crippen LogP contribution in [0.2, 0.25) is 0 Å². The third-order valence-electron chi connectivity index (χ3n) is 8.65. The lowest BCUT2D eigenvalue weighted by atomic mass is 9.63. The van der Waals surface area contributed by atoms with Crippen molar-refractivity contribution in [2.75, 3.05) is 13.1 Å². The molecule has 2 aliphatic carbocycles. The van der Waals surface area contributed by atoms with E-state index in [0.717, 1.165) is 62.9 Å². The van der Waals surface area contributed by atoms with E-state index in [9.17, 15) is 19.6 Å². The molecule has 3 atom stereocenters. The van der Waals surface area contributed by atoms with Gasteiger partial charge in [0, 0.05) is 24.6 Å². The number of piperidine rings is 1. The van der Waals surface area contributed by atoms with Gasteiger partial charge >= 0.3 is 0 Å². The molecule has 4 aliphatic rings. The summed E-state index contributed by atoms with van der Waals surface area (Å²) in [6.45, 7) is 6.64. The number of fused-ring (bicyclic) bond motifs is 1. The fraction of sp³-hybridized carbons (Fsp3) is 0.643. The Bertz CT molecular complexity index is 1090. The molecule has 2 aliphatic heterocycles. The monoisotopic (exact) mass is 492 g/mol. The summed E-state index contributed by atoms with van der Waals surface area (Å²) >= 11 is 0. The molecule has 36 heavy (non-hydrogen) atoms. The van der Waals surface area contributed by atoms with Crippen LogP contribution in [0.3, 0.4) is 0 Å². The Hall–Kier alpha value is -2.92. The van der Waals surface area contributed by atoms with Gasteiger partial charge in [0.25, 0.3) is 5.91 Å². The van der Waals surface area contributed by atoms with Crippen LogP contribution in [0, 0.1) is 22.7 Å². The quantitative estimate of drug-likeness (QED) is 0.558. The molecule has 192 valence electrons. The second-order valence-electron chi connectivity index (χ2n) is 11.2. The summed E-state index contributed by atoms with van der Waals surface area (Å²) in [5, 5.41) is 11.6. The molecule has 1 aromatic rings. The van der Waals surface area contributed by atoms with Crippen LogP contribution < -0.4 is 10.1 Å². The highest BCUT2D eigenvalue weighted by Gasteiger charge is 2.42. The molecule has 0 spiro atoms. The van der Waals surface area contributed by atoms with Crippen molar-refractivity contribution < 1.29 is 19.1 Å². The molecule has 8 nitrogen and oxygen atoms in total. The zero-order chi connectivity index (χ0) is 25.4. The van der Waals surface area contributed by atoms with Crippen molar-refractivity contribution in [1.82, 2.24) is 15.1 Å². The number of amides is 3. The molecular weight excluding hydrogens is 456 g/mol. The lowest BCUT2D eigenvalue weighted by Gasteiger charge is -2.41. The molecule has 3 fully saturated rings. The summed E-state index contributed by atoms with van der Waals surface area (Å²) in [5.74, 6) is 0.577. The van der Waals surface area contributed by atoms with E-state index in [-0.39, 0.29) is 29.8 Å². The van der Waals surface area contributed by atoms with Gasteiger partial charge in [-0.2, -0.15) is 5.26 Å². The molecule has 2 heterocycles. The minimum atomic E-state index is -0.606. The largest absolute Gasteiger partial charge is 0.489 e. The molecule has 2 saturated carbocycles. The van der Waals surface area contributed by atoms with Crippen molar-refractivity contribution >= 4 is 17.7 Å². The van der Waals surface area contributed by atoms with Crippen molar-refractivity contribution in [3.05, 3.63) is 29.3 Å². The highest BCUT2D eigenvalue weighted by molar-refractivity contribution is 6.05. The number of benzene rings is 1. The lowest BCUT2D eigenvalue weighted by Crippen LogP contribution is -2.52. The fourth-order valence-electron chi connectivity index (χ4n) is 6.68. The van der Waals surface area contributed by atoms with Gasteiger partial charge in [-0.15, -0.1) is 0 Å². The highest BCUT2D eigenvalue weighted by Crippen LogP contribution is 2.46. The van der Waals surface area contributed by atoms with Gasteiger partial charge in [-0.25, -0.2) is 0 Å². The van der Waals surface area contributed by atoms with Crippen molar-refractivity contribution in [2.24, 2.45) is 11.3 Å². The molecule has 1 saturated heterocycles. The maximum Gasteiger partial charge on any atom is 0.255 e. The normalized spacial score (nSPS) is 31.7. The molecule has 5 rings (SSSR count). The maximum absolute atomic E-state index is 13.0. The topological polar surface area (TPSA) is 103 Å². The molecule has 3 amide bonds. The highest BCUT2D eigenvalue weighted by atomic mass is 16.5. The fourth-order valence-corrected chi connectivity index (χ4v) is 6.68. The summed E-state index contributed by atoms with van der Waals surface area (Å²) in [6.07, 6.45) is 7.13.